The molecule has 0 radical (unpaired) electrons. The number of ether oxygens (including phenoxy) is 2. The van der Waals surface area contributed by atoms with Crippen LogP contribution in [0.2, 0.25) is 0 Å². The predicted molar refractivity (Wildman–Crippen MR) is 147 cm³/mol. The molecule has 0 aliphatic carbocycles. The normalized spacial score (nSPS) is 18.4. The Morgan fingerprint density at radius 2 is 1.81 bits per heavy atom. The highest BCUT2D eigenvalue weighted by Gasteiger charge is 2.46. The lowest BCUT2D eigenvalue weighted by molar-refractivity contribution is -0.122. The lowest BCUT2D eigenvalue weighted by Crippen LogP contribution is -2.47. The molecule has 37 heavy (non-hydrogen) atoms. The van der Waals surface area contributed by atoms with Crippen molar-refractivity contribution in [2.24, 2.45) is 5.73 Å². The molecule has 1 unspecified atom stereocenters. The molecule has 0 spiro atoms. The van der Waals surface area contributed by atoms with E-state index in [-0.39, 0.29) is 29.7 Å². The quantitative estimate of drug-likeness (QED) is 0.262. The van der Waals surface area contributed by atoms with Gasteiger partial charge in [0.05, 0.1) is 22.9 Å². The molecule has 1 saturated heterocycles. The molecule has 198 valence electrons. The summed E-state index contributed by atoms with van der Waals surface area (Å²) in [6.45, 7) is 5.53. The van der Waals surface area contributed by atoms with E-state index in [1.807, 2.05) is 31.2 Å². The summed E-state index contributed by atoms with van der Waals surface area (Å²) in [5.74, 6) is -0.321. The largest absolute Gasteiger partial charge is 0.508 e. The van der Waals surface area contributed by atoms with E-state index < -0.39 is 17.2 Å². The lowest BCUT2D eigenvalue weighted by Gasteiger charge is -2.42. The number of fused-ring (bicyclic) bond motifs is 1. The Balaban J connectivity index is 1.31. The Morgan fingerprint density at radius 3 is 2.41 bits per heavy atom. The predicted octanol–water partition coefficient (Wildman–Crippen LogP) is 4.14. The molecular weight excluding hydrogens is 511 g/mol. The summed E-state index contributed by atoms with van der Waals surface area (Å²) in [6.07, 6.45) is 4.65. The molecule has 8 nitrogen and oxygen atoms in total. The van der Waals surface area contributed by atoms with Gasteiger partial charge in [0.1, 0.15) is 11.5 Å². The van der Waals surface area contributed by atoms with Gasteiger partial charge in [0, 0.05) is 24.7 Å². The molecule has 3 amide bonds. The molecule has 0 saturated carbocycles. The van der Waals surface area contributed by atoms with E-state index in [2.05, 4.69) is 13.0 Å². The maximum absolute atomic E-state index is 12.7. The van der Waals surface area contributed by atoms with Crippen LogP contribution in [-0.2, 0) is 16.0 Å². The average molecular weight is 545 g/mol. The summed E-state index contributed by atoms with van der Waals surface area (Å²) < 4.78 is 11.3. The Kier molecular flexibility index (Phi) is 8.07. The van der Waals surface area contributed by atoms with Gasteiger partial charge < -0.3 is 20.3 Å². The van der Waals surface area contributed by atoms with Crippen molar-refractivity contribution in [1.29, 1.82) is 0 Å². The van der Waals surface area contributed by atoms with Crippen LogP contribution in [-0.4, -0.2) is 72.2 Å². The Hall–Kier alpha value is -2.74. The monoisotopic (exact) mass is 544 g/mol. The van der Waals surface area contributed by atoms with Gasteiger partial charge >= 0.3 is 0 Å². The number of phenols is 1. The van der Waals surface area contributed by atoms with Crippen LogP contribution in [0.1, 0.15) is 52.5 Å². The van der Waals surface area contributed by atoms with Gasteiger partial charge in [0.2, 0.25) is 5.91 Å². The van der Waals surface area contributed by atoms with Gasteiger partial charge in [-0.2, -0.15) is 0 Å². The number of imide groups is 1. The van der Waals surface area contributed by atoms with Crippen LogP contribution < -0.4 is 10.5 Å². The summed E-state index contributed by atoms with van der Waals surface area (Å²) in [6, 6.07) is 10.6. The van der Waals surface area contributed by atoms with Crippen LogP contribution in [0.3, 0.4) is 0 Å². The van der Waals surface area contributed by atoms with Gasteiger partial charge in [0.15, 0.2) is 0 Å². The summed E-state index contributed by atoms with van der Waals surface area (Å²) in [4.78, 5) is 40.0. The highest BCUT2D eigenvalue weighted by molar-refractivity contribution is 8.61. The fourth-order valence-corrected chi connectivity index (χ4v) is 10.4. The SMILES string of the molecule is C=P(C)(Sc1ccc(OCCCN2C(=O)c3cc(O)c(CC)cc3C2=O)cc1)C1(C(N)=O)CCOCC1. The summed E-state index contributed by atoms with van der Waals surface area (Å²) in [5, 5.41) is 9.43. The van der Waals surface area contributed by atoms with Crippen molar-refractivity contribution in [3.05, 3.63) is 53.1 Å². The van der Waals surface area contributed by atoms with Crippen LogP contribution >= 0.6 is 17.5 Å². The molecular formula is C27H33N2O6PS. The molecule has 1 fully saturated rings. The van der Waals surface area contributed by atoms with Crippen molar-refractivity contribution in [3.63, 3.8) is 0 Å². The zero-order chi connectivity index (χ0) is 26.8. The topological polar surface area (TPSA) is 119 Å². The molecule has 0 bridgehead atoms. The number of carbonyl (C=O) groups is 3. The first-order valence-electron chi connectivity index (χ1n) is 12.3. The average Bonchev–Trinajstić information content (AvgIpc) is 3.10. The van der Waals surface area contributed by atoms with E-state index in [1.165, 1.54) is 11.0 Å². The smallest absolute Gasteiger partial charge is 0.261 e. The second-order valence-corrected chi connectivity index (χ2v) is 16.2. The van der Waals surface area contributed by atoms with E-state index in [4.69, 9.17) is 15.2 Å². The number of carbonyl (C=O) groups excluding carboxylic acids is 3. The van der Waals surface area contributed by atoms with Crippen LogP contribution in [0.4, 0.5) is 0 Å². The minimum Gasteiger partial charge on any atom is -0.508 e. The van der Waals surface area contributed by atoms with E-state index in [9.17, 15) is 19.5 Å². The van der Waals surface area contributed by atoms with Gasteiger partial charge in [-0.25, -0.2) is 0 Å². The summed E-state index contributed by atoms with van der Waals surface area (Å²) >= 11 is 1.62. The van der Waals surface area contributed by atoms with Crippen molar-refractivity contribution in [3.8, 4) is 11.5 Å². The fourth-order valence-electron chi connectivity index (χ4n) is 4.85. The van der Waals surface area contributed by atoms with Crippen LogP contribution in [0.25, 0.3) is 0 Å². The Bertz CT molecular complexity index is 1260. The number of primary amides is 1. The molecule has 1 atom stereocenters. The maximum atomic E-state index is 12.7. The second kappa shape index (κ2) is 10.9. The first-order valence-corrected chi connectivity index (χ1v) is 16.2. The molecule has 2 aromatic carbocycles. The van der Waals surface area contributed by atoms with Gasteiger partial charge in [-0.15, -0.1) is 0 Å². The Labute approximate surface area is 221 Å². The molecule has 2 aliphatic rings. The molecule has 10 heteroatoms. The number of nitrogens with two attached hydrogens (primary N) is 1. The van der Waals surface area contributed by atoms with Gasteiger partial charge in [0.25, 0.3) is 11.8 Å². The molecule has 4 rings (SSSR count). The zero-order valence-electron chi connectivity index (χ0n) is 21.2. The third kappa shape index (κ3) is 5.31. The number of amides is 3. The van der Waals surface area contributed by atoms with E-state index in [0.29, 0.717) is 62.4 Å². The highest BCUT2D eigenvalue weighted by atomic mass is 32.7. The van der Waals surface area contributed by atoms with Crippen molar-refractivity contribution in [1.82, 2.24) is 4.90 Å². The van der Waals surface area contributed by atoms with Crippen LogP contribution in [0.5, 0.6) is 11.5 Å². The third-order valence-corrected chi connectivity index (χ3v) is 13.4. The molecule has 3 N–H and O–H groups in total. The minimum atomic E-state index is -2.04. The summed E-state index contributed by atoms with van der Waals surface area (Å²) in [5.41, 5.74) is 7.07. The van der Waals surface area contributed by atoms with Crippen molar-refractivity contribution in [2.75, 3.05) is 33.0 Å². The van der Waals surface area contributed by atoms with Gasteiger partial charge in [-0.05, 0) is 80.4 Å². The number of aryl methyl sites for hydroxylation is 1. The first-order chi connectivity index (χ1) is 17.6. The van der Waals surface area contributed by atoms with Gasteiger partial charge in [-0.3, -0.25) is 19.3 Å². The molecule has 2 aromatic rings. The number of hydrogen-bond acceptors (Lipinski definition) is 7. The third-order valence-electron chi connectivity index (χ3n) is 7.16. The molecule has 2 heterocycles. The van der Waals surface area contributed by atoms with E-state index in [1.54, 1.807) is 17.4 Å². The zero-order valence-corrected chi connectivity index (χ0v) is 22.9. The van der Waals surface area contributed by atoms with Crippen LogP contribution in [0, 0.1) is 0 Å². The summed E-state index contributed by atoms with van der Waals surface area (Å²) in [7, 11) is 0. The van der Waals surface area contributed by atoms with E-state index >= 15 is 0 Å². The minimum absolute atomic E-state index is 0.0352. The number of aromatic hydroxyl groups is 1. The first kappa shape index (κ1) is 27.3. The van der Waals surface area contributed by atoms with E-state index in [0.717, 1.165) is 4.90 Å². The molecule has 2 aliphatic heterocycles. The van der Waals surface area contributed by atoms with Crippen molar-refractivity contribution >= 4 is 41.5 Å². The number of benzene rings is 2. The number of rotatable bonds is 10. The van der Waals surface area contributed by atoms with Crippen molar-refractivity contribution < 1.29 is 29.0 Å². The van der Waals surface area contributed by atoms with Crippen LogP contribution in [0.15, 0.2) is 41.3 Å². The highest BCUT2D eigenvalue weighted by Crippen LogP contribution is 2.70. The molecule has 0 aromatic heterocycles. The standard InChI is InChI=1S/C27H33N2O6PS/c1-4-18-16-21-22(17-23(18)30)25(32)29(24(21)31)12-5-13-35-19-6-8-20(9-7-19)37-36(2,3)27(26(28)33)10-14-34-15-11-27/h6-9,16-17,30H,2,4-5,10-15H2,1,3H3,(H2,28,33). The van der Waals surface area contributed by atoms with Crippen molar-refractivity contribution in [2.45, 2.75) is 42.7 Å². The Morgan fingerprint density at radius 1 is 1.19 bits per heavy atom. The number of hydrogen-bond donors (Lipinski definition) is 2. The fraction of sp³-hybridized carbons (Fsp3) is 0.407. The lowest BCUT2D eigenvalue weighted by atomic mass is 9.98. The number of phenolic OH excluding ortho intramolecular Hbond substituents is 1. The maximum Gasteiger partial charge on any atom is 0.261 e. The number of nitrogens with zero attached hydrogens (tertiary/aromatic N) is 1. The second-order valence-electron chi connectivity index (χ2n) is 9.52. The van der Waals surface area contributed by atoms with Gasteiger partial charge in [-0.1, -0.05) is 24.6 Å².